The molecule has 0 fully saturated rings. The number of allylic oxidation sites excluding steroid dienone is 3. The number of aliphatic hydroxyl groups excluding tert-OH is 2. The summed E-state index contributed by atoms with van der Waals surface area (Å²) in [4.78, 5) is 24.5. The second kappa shape index (κ2) is 60.9. The third-order valence-corrected chi connectivity index (χ3v) is 15.0. The van der Waals surface area contributed by atoms with E-state index in [2.05, 4.69) is 31.3 Å². The van der Waals surface area contributed by atoms with Gasteiger partial charge in [-0.05, 0) is 57.8 Å². The lowest BCUT2D eigenvalue weighted by Gasteiger charge is -2.20. The van der Waals surface area contributed by atoms with Gasteiger partial charge in [-0.15, -0.1) is 0 Å². The number of carbonyl (C=O) groups is 2. The van der Waals surface area contributed by atoms with E-state index >= 15 is 0 Å². The van der Waals surface area contributed by atoms with Crippen LogP contribution in [-0.4, -0.2) is 47.4 Å². The van der Waals surface area contributed by atoms with E-state index in [-0.39, 0.29) is 18.5 Å². The highest BCUT2D eigenvalue weighted by Gasteiger charge is 2.18. The maximum Gasteiger partial charge on any atom is 0.305 e. The van der Waals surface area contributed by atoms with Crippen LogP contribution in [0.15, 0.2) is 24.3 Å². The molecule has 2 unspecified atom stereocenters. The summed E-state index contributed by atoms with van der Waals surface area (Å²) in [6.45, 7) is 4.91. The quantitative estimate of drug-likeness (QED) is 0.0320. The van der Waals surface area contributed by atoms with Gasteiger partial charge in [0.25, 0.3) is 0 Å². The highest BCUT2D eigenvalue weighted by molar-refractivity contribution is 5.76. The molecule has 0 spiro atoms. The molecule has 0 heterocycles. The summed E-state index contributed by atoms with van der Waals surface area (Å²) < 4.78 is 5.48. The van der Waals surface area contributed by atoms with E-state index in [1.165, 1.54) is 289 Å². The fourth-order valence-corrected chi connectivity index (χ4v) is 10.0. The zero-order valence-electron chi connectivity index (χ0n) is 48.0. The van der Waals surface area contributed by atoms with Crippen molar-refractivity contribution in [2.45, 2.75) is 366 Å². The van der Waals surface area contributed by atoms with Gasteiger partial charge in [0.1, 0.15) is 0 Å². The van der Waals surface area contributed by atoms with Crippen LogP contribution >= 0.6 is 0 Å². The van der Waals surface area contributed by atoms with Crippen LogP contribution in [0.25, 0.3) is 0 Å². The molecular formula is C65H125NO5. The predicted octanol–water partition coefficient (Wildman–Crippen LogP) is 20.2. The lowest BCUT2D eigenvalue weighted by molar-refractivity contribution is -0.143. The fraction of sp³-hybridized carbons (Fsp3) is 0.908. The summed E-state index contributed by atoms with van der Waals surface area (Å²) in [5.41, 5.74) is 0. The van der Waals surface area contributed by atoms with E-state index in [0.29, 0.717) is 19.4 Å². The third-order valence-electron chi connectivity index (χ3n) is 15.0. The summed E-state index contributed by atoms with van der Waals surface area (Å²) in [5, 5.41) is 23.0. The van der Waals surface area contributed by atoms with Crippen molar-refractivity contribution in [1.29, 1.82) is 0 Å². The Morgan fingerprint density at radius 3 is 1.00 bits per heavy atom. The molecule has 6 nitrogen and oxygen atoms in total. The third kappa shape index (κ3) is 57.5. The first-order valence-corrected chi connectivity index (χ1v) is 32.1. The van der Waals surface area contributed by atoms with Crippen molar-refractivity contribution < 1.29 is 24.5 Å². The van der Waals surface area contributed by atoms with Crippen LogP contribution in [0.4, 0.5) is 0 Å². The molecule has 3 N–H and O–H groups in total. The fourth-order valence-electron chi connectivity index (χ4n) is 10.0. The number of nitrogens with one attached hydrogen (secondary N) is 1. The molecule has 0 saturated heterocycles. The number of amides is 1. The number of hydrogen-bond acceptors (Lipinski definition) is 5. The van der Waals surface area contributed by atoms with Crippen LogP contribution in [0, 0.1) is 0 Å². The Morgan fingerprint density at radius 1 is 0.380 bits per heavy atom. The molecule has 6 heteroatoms. The van der Waals surface area contributed by atoms with Gasteiger partial charge in [-0.1, -0.05) is 308 Å². The molecule has 71 heavy (non-hydrogen) atoms. The normalized spacial score (nSPS) is 12.7. The zero-order chi connectivity index (χ0) is 51.4. The van der Waals surface area contributed by atoms with E-state index in [1.807, 2.05) is 6.08 Å². The molecule has 0 rings (SSSR count). The molecule has 0 saturated carbocycles. The highest BCUT2D eigenvalue weighted by Crippen LogP contribution is 2.18. The van der Waals surface area contributed by atoms with Crippen molar-refractivity contribution in [1.82, 2.24) is 5.32 Å². The maximum atomic E-state index is 12.4. The predicted molar refractivity (Wildman–Crippen MR) is 310 cm³/mol. The Balaban J connectivity index is 3.35. The standard InChI is InChI=1S/C65H125NO5/c1-3-5-7-9-11-13-15-34-39-43-47-51-55-59-65(70)71-60-56-52-48-44-40-36-33-31-29-27-25-23-21-19-17-16-18-20-22-24-26-28-30-32-35-38-42-46-50-54-58-64(69)66-62(61-67)63(68)57-53-49-45-41-37-14-12-10-8-6-4-2/h17,19,53,57,62-63,67-68H,3-16,18,20-52,54-56,58-61H2,1-2H3,(H,66,69)/b19-17-,57-53+. The van der Waals surface area contributed by atoms with Crippen molar-refractivity contribution in [2.24, 2.45) is 0 Å². The van der Waals surface area contributed by atoms with Crippen LogP contribution in [0.3, 0.4) is 0 Å². The highest BCUT2D eigenvalue weighted by atomic mass is 16.5. The van der Waals surface area contributed by atoms with Crippen LogP contribution in [0.5, 0.6) is 0 Å². The molecule has 0 aromatic rings. The Bertz CT molecular complexity index is 1110. The molecule has 0 aromatic heterocycles. The minimum Gasteiger partial charge on any atom is -0.466 e. The van der Waals surface area contributed by atoms with Gasteiger partial charge < -0.3 is 20.3 Å². The van der Waals surface area contributed by atoms with E-state index in [1.54, 1.807) is 6.08 Å². The minimum absolute atomic E-state index is 0.0185. The molecule has 0 radical (unpaired) electrons. The monoisotopic (exact) mass is 1000 g/mol. The average molecular weight is 1000 g/mol. The summed E-state index contributed by atoms with van der Waals surface area (Å²) in [5.74, 6) is -0.0480. The van der Waals surface area contributed by atoms with E-state index < -0.39 is 12.1 Å². The molecular weight excluding hydrogens is 875 g/mol. The van der Waals surface area contributed by atoms with Crippen LogP contribution < -0.4 is 5.32 Å². The summed E-state index contributed by atoms with van der Waals surface area (Å²) in [6, 6.07) is -0.625. The Labute approximate surface area is 443 Å². The number of aliphatic hydroxyl groups is 2. The number of rotatable bonds is 60. The van der Waals surface area contributed by atoms with E-state index in [9.17, 15) is 19.8 Å². The molecule has 1 amide bonds. The van der Waals surface area contributed by atoms with Gasteiger partial charge in [0.05, 0.1) is 25.4 Å². The first-order valence-electron chi connectivity index (χ1n) is 32.1. The van der Waals surface area contributed by atoms with E-state index in [0.717, 1.165) is 38.5 Å². The Hall–Kier alpha value is -1.66. The molecule has 420 valence electrons. The van der Waals surface area contributed by atoms with Crippen LogP contribution in [0.2, 0.25) is 0 Å². The average Bonchev–Trinajstić information content (AvgIpc) is 3.37. The van der Waals surface area contributed by atoms with Crippen molar-refractivity contribution in [3.05, 3.63) is 24.3 Å². The topological polar surface area (TPSA) is 95.9 Å². The molecule has 2 atom stereocenters. The number of ether oxygens (including phenoxy) is 1. The first-order chi connectivity index (χ1) is 35.0. The second-order valence-electron chi connectivity index (χ2n) is 22.1. The van der Waals surface area contributed by atoms with Crippen molar-refractivity contribution in [3.63, 3.8) is 0 Å². The minimum atomic E-state index is -0.841. The first kappa shape index (κ1) is 69.3. The largest absolute Gasteiger partial charge is 0.466 e. The van der Waals surface area contributed by atoms with Gasteiger partial charge in [0.15, 0.2) is 0 Å². The van der Waals surface area contributed by atoms with Crippen LogP contribution in [-0.2, 0) is 14.3 Å². The van der Waals surface area contributed by atoms with Crippen molar-refractivity contribution in [2.75, 3.05) is 13.2 Å². The van der Waals surface area contributed by atoms with Gasteiger partial charge in [-0.25, -0.2) is 0 Å². The second-order valence-corrected chi connectivity index (χ2v) is 22.1. The summed E-state index contributed by atoms with van der Waals surface area (Å²) in [7, 11) is 0. The number of carbonyl (C=O) groups excluding carboxylic acids is 2. The maximum absolute atomic E-state index is 12.4. The van der Waals surface area contributed by atoms with Gasteiger partial charge in [-0.3, -0.25) is 9.59 Å². The van der Waals surface area contributed by atoms with Crippen molar-refractivity contribution in [3.8, 4) is 0 Å². The molecule has 0 bridgehead atoms. The Kier molecular flexibility index (Phi) is 59.5. The van der Waals surface area contributed by atoms with Gasteiger partial charge >= 0.3 is 5.97 Å². The smallest absolute Gasteiger partial charge is 0.305 e. The molecule has 0 aliphatic heterocycles. The number of esters is 1. The lowest BCUT2D eigenvalue weighted by Crippen LogP contribution is -2.45. The van der Waals surface area contributed by atoms with Gasteiger partial charge in [0.2, 0.25) is 5.91 Å². The SMILES string of the molecule is CCCCCCCCCCC/C=C/C(O)C(CO)NC(=O)CCCCCCCCCCCCCCCC/C=C\CCCCCCCCCCCCCCOC(=O)CCCCCCCCCCCCCCC. The van der Waals surface area contributed by atoms with Crippen LogP contribution in [0.1, 0.15) is 354 Å². The zero-order valence-corrected chi connectivity index (χ0v) is 48.0. The van der Waals surface area contributed by atoms with E-state index in [4.69, 9.17) is 4.74 Å². The van der Waals surface area contributed by atoms with Gasteiger partial charge in [0, 0.05) is 12.8 Å². The molecule has 0 aliphatic rings. The number of hydrogen-bond donors (Lipinski definition) is 3. The lowest BCUT2D eigenvalue weighted by atomic mass is 10.0. The molecule has 0 aliphatic carbocycles. The summed E-state index contributed by atoms with van der Waals surface area (Å²) >= 11 is 0. The van der Waals surface area contributed by atoms with Crippen molar-refractivity contribution >= 4 is 11.9 Å². The van der Waals surface area contributed by atoms with Gasteiger partial charge in [-0.2, -0.15) is 0 Å². The molecule has 0 aromatic carbocycles. The Morgan fingerprint density at radius 2 is 0.662 bits per heavy atom. The number of unbranched alkanes of at least 4 members (excludes halogenated alkanes) is 47. The summed E-state index contributed by atoms with van der Waals surface area (Å²) in [6.07, 6.45) is 75.3.